The Morgan fingerprint density at radius 3 is 2.42 bits per heavy atom. The average Bonchev–Trinajstić information content (AvgIpc) is 3.74. The summed E-state index contributed by atoms with van der Waals surface area (Å²) in [6, 6.07) is 19.1. The van der Waals surface area contributed by atoms with Gasteiger partial charge in [-0.1, -0.05) is 43.9 Å². The van der Waals surface area contributed by atoms with E-state index in [-0.39, 0.29) is 17.7 Å². The first-order valence-corrected chi connectivity index (χ1v) is 18.9. The summed E-state index contributed by atoms with van der Waals surface area (Å²) in [7, 11) is 1.68. The highest BCUT2D eigenvalue weighted by Gasteiger charge is 2.43. The van der Waals surface area contributed by atoms with E-state index in [2.05, 4.69) is 46.1 Å². The Balaban J connectivity index is 1.26. The van der Waals surface area contributed by atoms with Gasteiger partial charge in [0.15, 0.2) is 0 Å². The first-order valence-electron chi connectivity index (χ1n) is 18.9. The van der Waals surface area contributed by atoms with E-state index in [9.17, 15) is 14.4 Å². The van der Waals surface area contributed by atoms with Gasteiger partial charge in [-0.3, -0.25) is 14.5 Å². The minimum atomic E-state index is -1.08. The molecule has 0 saturated heterocycles. The third-order valence-corrected chi connectivity index (χ3v) is 11.5. The maximum atomic E-state index is 16.0. The van der Waals surface area contributed by atoms with Crippen LogP contribution >= 0.6 is 0 Å². The summed E-state index contributed by atoms with van der Waals surface area (Å²) < 4.78 is 23.9. The number of rotatable bonds is 9. The van der Waals surface area contributed by atoms with Gasteiger partial charge in [-0.05, 0) is 105 Å². The second kappa shape index (κ2) is 15.2. The van der Waals surface area contributed by atoms with Crippen LogP contribution in [0.4, 0.5) is 10.1 Å². The Labute approximate surface area is 310 Å². The summed E-state index contributed by atoms with van der Waals surface area (Å²) in [5.41, 5.74) is 5.79. The smallest absolute Gasteiger partial charge is 0.328 e. The van der Waals surface area contributed by atoms with Crippen molar-refractivity contribution in [3.8, 4) is 17.0 Å². The van der Waals surface area contributed by atoms with E-state index >= 15 is 4.39 Å². The SMILES string of the molecule is COc1ccc2c(c1)CN(C(C)C)CCn1c-2c([C@H]2CCCC[C@@H]2F)c2ccc(C(=O)NC3(C(=O)Nc4ccc(/C=C/C(=O)O)cc4)CCCC3)cc21. The van der Waals surface area contributed by atoms with Crippen LogP contribution < -0.4 is 15.4 Å². The molecule has 10 heteroatoms. The number of benzene rings is 3. The number of anilines is 1. The summed E-state index contributed by atoms with van der Waals surface area (Å²) in [5, 5.41) is 16.0. The molecule has 3 aliphatic rings. The van der Waals surface area contributed by atoms with Crippen molar-refractivity contribution in [2.24, 2.45) is 0 Å². The molecule has 0 unspecified atom stereocenters. The molecule has 4 aromatic rings. The van der Waals surface area contributed by atoms with Gasteiger partial charge in [-0.25, -0.2) is 9.18 Å². The number of fused-ring (bicyclic) bond motifs is 5. The van der Waals surface area contributed by atoms with E-state index in [1.807, 2.05) is 24.3 Å². The molecule has 9 nitrogen and oxygen atoms in total. The van der Waals surface area contributed by atoms with Gasteiger partial charge in [0.1, 0.15) is 17.5 Å². The second-order valence-electron chi connectivity index (χ2n) is 15.1. The van der Waals surface area contributed by atoms with Gasteiger partial charge in [-0.2, -0.15) is 0 Å². The van der Waals surface area contributed by atoms with Crippen LogP contribution in [0.5, 0.6) is 5.75 Å². The second-order valence-corrected chi connectivity index (χ2v) is 15.1. The Morgan fingerprint density at radius 2 is 1.72 bits per heavy atom. The normalized spacial score (nSPS) is 20.1. The third-order valence-electron chi connectivity index (χ3n) is 11.5. The molecule has 0 spiro atoms. The molecule has 1 aromatic heterocycles. The molecule has 1 aliphatic heterocycles. The molecule has 2 fully saturated rings. The number of ether oxygens (including phenoxy) is 1. The van der Waals surface area contributed by atoms with Crippen molar-refractivity contribution in [3.63, 3.8) is 0 Å². The monoisotopic (exact) mass is 720 g/mol. The third kappa shape index (κ3) is 7.34. The van der Waals surface area contributed by atoms with E-state index in [0.717, 1.165) is 90.3 Å². The molecular formula is C43H49FN4O5. The van der Waals surface area contributed by atoms with E-state index in [0.29, 0.717) is 48.7 Å². The number of nitrogens with one attached hydrogen (secondary N) is 2. The maximum absolute atomic E-state index is 16.0. The van der Waals surface area contributed by atoms with Crippen molar-refractivity contribution < 1.29 is 28.6 Å². The number of nitrogens with zero attached hydrogens (tertiary/aromatic N) is 2. The average molecular weight is 721 g/mol. The largest absolute Gasteiger partial charge is 0.497 e. The lowest BCUT2D eigenvalue weighted by Crippen LogP contribution is -2.55. The van der Waals surface area contributed by atoms with Gasteiger partial charge in [0.25, 0.3) is 5.91 Å². The Morgan fingerprint density at radius 1 is 0.962 bits per heavy atom. The zero-order valence-corrected chi connectivity index (χ0v) is 30.8. The van der Waals surface area contributed by atoms with E-state index in [1.165, 1.54) is 6.08 Å². The van der Waals surface area contributed by atoms with Crippen molar-refractivity contribution in [2.75, 3.05) is 19.0 Å². The number of halogens is 1. The summed E-state index contributed by atoms with van der Waals surface area (Å²) in [5.74, 6) is -1.10. The zero-order valence-electron chi connectivity index (χ0n) is 30.8. The first-order chi connectivity index (χ1) is 25.6. The number of hydrogen-bond acceptors (Lipinski definition) is 5. The molecule has 3 aromatic carbocycles. The minimum Gasteiger partial charge on any atom is -0.497 e. The lowest BCUT2D eigenvalue weighted by atomic mass is 9.80. The van der Waals surface area contributed by atoms with Gasteiger partial charge in [0, 0.05) is 65.4 Å². The number of carboxylic acids is 1. The molecule has 0 bridgehead atoms. The van der Waals surface area contributed by atoms with Crippen LogP contribution in [0, 0.1) is 0 Å². The summed E-state index contributed by atoms with van der Waals surface area (Å²) in [4.78, 5) is 41.4. The van der Waals surface area contributed by atoms with Gasteiger partial charge in [-0.15, -0.1) is 0 Å². The van der Waals surface area contributed by atoms with Crippen LogP contribution in [-0.4, -0.2) is 63.8 Å². The predicted octanol–water partition coefficient (Wildman–Crippen LogP) is 8.32. The molecule has 2 aliphatic carbocycles. The van der Waals surface area contributed by atoms with Crippen molar-refractivity contribution in [2.45, 2.75) is 102 Å². The zero-order chi connectivity index (χ0) is 37.3. The number of alkyl halides is 1. The topological polar surface area (TPSA) is 113 Å². The number of carbonyl (C=O) groups excluding carboxylic acids is 2. The van der Waals surface area contributed by atoms with Crippen LogP contribution in [0.15, 0.2) is 66.7 Å². The summed E-state index contributed by atoms with van der Waals surface area (Å²) in [6.07, 6.45) is 7.44. The number of amides is 2. The number of carbonyl (C=O) groups is 3. The molecule has 7 rings (SSSR count). The lowest BCUT2D eigenvalue weighted by molar-refractivity contribution is -0.131. The molecule has 2 amide bonds. The number of methoxy groups -OCH3 is 1. The first kappa shape index (κ1) is 36.4. The van der Waals surface area contributed by atoms with E-state index in [1.54, 1.807) is 31.4 Å². The Kier molecular flexibility index (Phi) is 10.4. The number of carboxylic acid groups (broad SMARTS) is 1. The number of aromatic nitrogens is 1. The van der Waals surface area contributed by atoms with Crippen LogP contribution in [0.25, 0.3) is 28.2 Å². The minimum absolute atomic E-state index is 0.245. The molecule has 53 heavy (non-hydrogen) atoms. The molecule has 2 heterocycles. The standard InChI is InChI=1S/C43H49FN4O5/c1-27(2)47-22-23-48-37-25-29(41(51)46-43(20-6-7-21-43)42(52)45-31-14-10-28(11-15-31)12-19-38(49)50)13-17-35(37)39(34-8-4-5-9-36(34)44)40(48)33-18-16-32(53-3)24-30(33)26-47/h10-19,24-25,27,34,36H,4-9,20-23,26H2,1-3H3,(H,45,52)(H,46,51)(H,49,50)/b19-12+/t34-,36-/m0/s1. The Bertz CT molecular complexity index is 2050. The van der Waals surface area contributed by atoms with Gasteiger partial charge >= 0.3 is 5.97 Å². The van der Waals surface area contributed by atoms with Crippen molar-refractivity contribution in [1.82, 2.24) is 14.8 Å². The van der Waals surface area contributed by atoms with E-state index in [4.69, 9.17) is 9.84 Å². The summed E-state index contributed by atoms with van der Waals surface area (Å²) in [6.45, 7) is 6.61. The highest BCUT2D eigenvalue weighted by atomic mass is 19.1. The lowest BCUT2D eigenvalue weighted by Gasteiger charge is -2.32. The number of aliphatic carboxylic acids is 1. The van der Waals surface area contributed by atoms with Crippen molar-refractivity contribution in [1.29, 1.82) is 0 Å². The Hall–Kier alpha value is -4.96. The fourth-order valence-electron chi connectivity index (χ4n) is 8.62. The molecule has 2 atom stereocenters. The van der Waals surface area contributed by atoms with Gasteiger partial charge in [0.05, 0.1) is 12.8 Å². The molecule has 278 valence electrons. The highest BCUT2D eigenvalue weighted by molar-refractivity contribution is 6.06. The molecule has 2 saturated carbocycles. The molecular weight excluding hydrogens is 671 g/mol. The fourth-order valence-corrected chi connectivity index (χ4v) is 8.62. The van der Waals surface area contributed by atoms with Crippen LogP contribution in [0.1, 0.15) is 98.2 Å². The predicted molar refractivity (Wildman–Crippen MR) is 206 cm³/mol. The van der Waals surface area contributed by atoms with Gasteiger partial charge in [0.2, 0.25) is 5.91 Å². The van der Waals surface area contributed by atoms with Crippen LogP contribution in [0.3, 0.4) is 0 Å². The van der Waals surface area contributed by atoms with E-state index < -0.39 is 17.7 Å². The fraction of sp³-hybridized carbons (Fsp3) is 0.419. The van der Waals surface area contributed by atoms with Crippen LogP contribution in [-0.2, 0) is 22.7 Å². The number of hydrogen-bond donors (Lipinski definition) is 3. The summed E-state index contributed by atoms with van der Waals surface area (Å²) >= 11 is 0. The van der Waals surface area contributed by atoms with Gasteiger partial charge < -0.3 is 25.0 Å². The highest BCUT2D eigenvalue weighted by Crippen LogP contribution is 2.47. The van der Waals surface area contributed by atoms with Crippen LogP contribution in [0.2, 0.25) is 0 Å². The molecule has 0 radical (unpaired) electrons. The molecule has 3 N–H and O–H groups in total. The quantitative estimate of drug-likeness (QED) is 0.150. The maximum Gasteiger partial charge on any atom is 0.328 e. The van der Waals surface area contributed by atoms with Crippen molar-refractivity contribution in [3.05, 3.63) is 89.0 Å². The van der Waals surface area contributed by atoms with Crippen molar-refractivity contribution >= 4 is 40.4 Å².